The molecule has 0 radical (unpaired) electrons. The van der Waals surface area contributed by atoms with Gasteiger partial charge >= 0.3 is 0 Å². The molecule has 1 atom stereocenters. The monoisotopic (exact) mass is 323 g/mol. The lowest BCUT2D eigenvalue weighted by atomic mass is 10.1. The summed E-state index contributed by atoms with van der Waals surface area (Å²) in [5.41, 5.74) is 2.28. The van der Waals surface area contributed by atoms with Crippen molar-refractivity contribution in [3.05, 3.63) is 71.8 Å². The van der Waals surface area contributed by atoms with Gasteiger partial charge in [-0.25, -0.2) is 3.93 Å². The van der Waals surface area contributed by atoms with Gasteiger partial charge in [-0.2, -0.15) is 0 Å². The Kier molecular flexibility index (Phi) is 5.24. The molecule has 0 aliphatic rings. The lowest BCUT2D eigenvalue weighted by Gasteiger charge is -2.20. The molecule has 0 aliphatic heterocycles. The van der Waals surface area contributed by atoms with Crippen LogP contribution in [0.5, 0.6) is 0 Å². The lowest BCUT2D eigenvalue weighted by molar-refractivity contribution is 0.470. The maximum Gasteiger partial charge on any atom is 0.120 e. The zero-order chi connectivity index (χ0) is 12.8. The standard InChI is InChI=1S/C15H15BrClN/c16-18(12-11-13-7-3-1-4-8-13)15(17)14-9-5-2-6-10-14/h1-10,15H,11-12H2. The van der Waals surface area contributed by atoms with Crippen LogP contribution in [0.2, 0.25) is 0 Å². The van der Waals surface area contributed by atoms with Crippen LogP contribution in [0.1, 0.15) is 16.6 Å². The molecule has 3 heteroatoms. The first-order valence-electron chi connectivity index (χ1n) is 5.93. The van der Waals surface area contributed by atoms with Gasteiger partial charge < -0.3 is 0 Å². The van der Waals surface area contributed by atoms with Crippen molar-refractivity contribution in [2.75, 3.05) is 6.54 Å². The molecule has 0 aliphatic carbocycles. The topological polar surface area (TPSA) is 3.24 Å². The van der Waals surface area contributed by atoms with Crippen LogP contribution in [0.15, 0.2) is 60.7 Å². The molecule has 0 aromatic heterocycles. The van der Waals surface area contributed by atoms with E-state index in [-0.39, 0.29) is 5.50 Å². The highest BCUT2D eigenvalue weighted by Crippen LogP contribution is 2.27. The molecular formula is C15H15BrClN. The number of halogens is 2. The first-order chi connectivity index (χ1) is 8.77. The number of nitrogens with zero attached hydrogens (tertiary/aromatic N) is 1. The highest BCUT2D eigenvalue weighted by atomic mass is 79.9. The van der Waals surface area contributed by atoms with Gasteiger partial charge in [0.15, 0.2) is 0 Å². The molecule has 18 heavy (non-hydrogen) atoms. The number of hydrogen-bond acceptors (Lipinski definition) is 1. The summed E-state index contributed by atoms with van der Waals surface area (Å²) in [5.74, 6) is 0. The first-order valence-corrected chi connectivity index (χ1v) is 7.07. The van der Waals surface area contributed by atoms with Gasteiger partial charge in [-0.15, -0.1) is 0 Å². The number of rotatable bonds is 5. The van der Waals surface area contributed by atoms with E-state index in [1.807, 2.05) is 40.3 Å². The van der Waals surface area contributed by atoms with Crippen molar-refractivity contribution in [3.63, 3.8) is 0 Å². The number of benzene rings is 2. The van der Waals surface area contributed by atoms with E-state index in [0.717, 1.165) is 18.5 Å². The van der Waals surface area contributed by atoms with E-state index in [2.05, 4.69) is 40.4 Å². The fourth-order valence-corrected chi connectivity index (χ4v) is 2.42. The van der Waals surface area contributed by atoms with Crippen molar-refractivity contribution < 1.29 is 0 Å². The smallest absolute Gasteiger partial charge is 0.120 e. The molecule has 2 aromatic carbocycles. The van der Waals surface area contributed by atoms with Crippen LogP contribution in [0.25, 0.3) is 0 Å². The third-order valence-corrected chi connectivity index (χ3v) is 4.27. The molecule has 0 heterocycles. The average Bonchev–Trinajstić information content (AvgIpc) is 2.46. The van der Waals surface area contributed by atoms with E-state index >= 15 is 0 Å². The predicted octanol–water partition coefficient (Wildman–Crippen LogP) is 4.78. The second-order valence-electron chi connectivity index (χ2n) is 4.11. The molecular weight excluding hydrogens is 310 g/mol. The van der Waals surface area contributed by atoms with Gasteiger partial charge in [0.2, 0.25) is 0 Å². The minimum absolute atomic E-state index is 0.144. The van der Waals surface area contributed by atoms with Crippen molar-refractivity contribution in [1.82, 2.24) is 3.93 Å². The molecule has 0 fully saturated rings. The number of alkyl halides is 1. The molecule has 0 amide bonds. The highest BCUT2D eigenvalue weighted by molar-refractivity contribution is 9.07. The Morgan fingerprint density at radius 2 is 1.50 bits per heavy atom. The average molecular weight is 325 g/mol. The van der Waals surface area contributed by atoms with Crippen molar-refractivity contribution >= 4 is 27.7 Å². The summed E-state index contributed by atoms with van der Waals surface area (Å²) in [4.78, 5) is 0. The molecule has 94 valence electrons. The van der Waals surface area contributed by atoms with Crippen molar-refractivity contribution in [1.29, 1.82) is 0 Å². The Labute approximate surface area is 122 Å². The maximum atomic E-state index is 6.40. The Bertz CT molecular complexity index is 460. The van der Waals surface area contributed by atoms with Crippen molar-refractivity contribution in [2.45, 2.75) is 11.9 Å². The van der Waals surface area contributed by atoms with E-state index in [0.29, 0.717) is 0 Å². The minimum atomic E-state index is -0.144. The normalized spacial score (nSPS) is 12.6. The zero-order valence-electron chi connectivity index (χ0n) is 9.97. The van der Waals surface area contributed by atoms with Crippen LogP contribution in [0.4, 0.5) is 0 Å². The summed E-state index contributed by atoms with van der Waals surface area (Å²) in [7, 11) is 0. The lowest BCUT2D eigenvalue weighted by Crippen LogP contribution is -2.17. The largest absolute Gasteiger partial charge is 0.220 e. The molecule has 1 unspecified atom stereocenters. The van der Waals surface area contributed by atoms with Gasteiger partial charge in [0, 0.05) is 22.7 Å². The maximum absolute atomic E-state index is 6.40. The summed E-state index contributed by atoms with van der Waals surface area (Å²) in [5, 5.41) is 0. The van der Waals surface area contributed by atoms with Crippen LogP contribution in [-0.2, 0) is 6.42 Å². The quantitative estimate of drug-likeness (QED) is 0.435. The fourth-order valence-electron chi connectivity index (χ4n) is 1.77. The molecule has 0 bridgehead atoms. The molecule has 2 aromatic rings. The fraction of sp³-hybridized carbons (Fsp3) is 0.200. The molecule has 0 spiro atoms. The SMILES string of the molecule is ClC(c1ccccc1)N(Br)CCc1ccccc1. The van der Waals surface area contributed by atoms with Crippen molar-refractivity contribution in [3.8, 4) is 0 Å². The highest BCUT2D eigenvalue weighted by Gasteiger charge is 2.14. The van der Waals surface area contributed by atoms with Gasteiger partial charge in [-0.3, -0.25) is 0 Å². The second kappa shape index (κ2) is 6.93. The van der Waals surface area contributed by atoms with Gasteiger partial charge in [0.1, 0.15) is 5.50 Å². The van der Waals surface area contributed by atoms with E-state index in [1.165, 1.54) is 5.56 Å². The minimum Gasteiger partial charge on any atom is -0.220 e. The van der Waals surface area contributed by atoms with Gasteiger partial charge in [0.25, 0.3) is 0 Å². The summed E-state index contributed by atoms with van der Waals surface area (Å²) in [6, 6.07) is 20.5. The van der Waals surface area contributed by atoms with E-state index in [1.54, 1.807) is 0 Å². The van der Waals surface area contributed by atoms with Gasteiger partial charge in [-0.1, -0.05) is 72.3 Å². The molecule has 2 rings (SSSR count). The molecule has 0 N–H and O–H groups in total. The molecule has 0 saturated carbocycles. The van der Waals surface area contributed by atoms with Crippen molar-refractivity contribution in [2.24, 2.45) is 0 Å². The predicted molar refractivity (Wildman–Crippen MR) is 80.8 cm³/mol. The second-order valence-corrected chi connectivity index (χ2v) is 5.43. The summed E-state index contributed by atoms with van der Waals surface area (Å²) in [6.07, 6.45) is 0.974. The van der Waals surface area contributed by atoms with Crippen LogP contribution >= 0.6 is 27.7 Å². The van der Waals surface area contributed by atoms with Crippen LogP contribution in [-0.4, -0.2) is 10.5 Å². The summed E-state index contributed by atoms with van der Waals surface area (Å²) < 4.78 is 1.98. The first kappa shape index (κ1) is 13.6. The third-order valence-electron chi connectivity index (χ3n) is 2.78. The van der Waals surface area contributed by atoms with Crippen LogP contribution in [0, 0.1) is 0 Å². The van der Waals surface area contributed by atoms with Crippen LogP contribution in [0.3, 0.4) is 0 Å². The number of hydrogen-bond donors (Lipinski definition) is 0. The van der Waals surface area contributed by atoms with E-state index in [9.17, 15) is 0 Å². The zero-order valence-corrected chi connectivity index (χ0v) is 12.3. The molecule has 0 saturated heterocycles. The van der Waals surface area contributed by atoms with Crippen LogP contribution < -0.4 is 0 Å². The Morgan fingerprint density at radius 1 is 0.944 bits per heavy atom. The van der Waals surface area contributed by atoms with E-state index in [4.69, 9.17) is 11.6 Å². The Hall–Kier alpha value is -0.830. The summed E-state index contributed by atoms with van der Waals surface area (Å²) >= 11 is 9.94. The molecule has 1 nitrogen and oxygen atoms in total. The Balaban J connectivity index is 1.90. The Morgan fingerprint density at radius 3 is 2.11 bits per heavy atom. The van der Waals surface area contributed by atoms with Gasteiger partial charge in [0.05, 0.1) is 0 Å². The van der Waals surface area contributed by atoms with E-state index < -0.39 is 0 Å². The van der Waals surface area contributed by atoms with Gasteiger partial charge in [-0.05, 0) is 17.5 Å². The summed E-state index contributed by atoms with van der Waals surface area (Å²) in [6.45, 7) is 0.868. The third kappa shape index (κ3) is 3.84.